The monoisotopic (exact) mass is 215 g/mol. The van der Waals surface area contributed by atoms with Crippen LogP contribution in [0.4, 0.5) is 5.13 Å². The zero-order valence-electron chi connectivity index (χ0n) is 7.49. The first kappa shape index (κ1) is 10.6. The van der Waals surface area contributed by atoms with Crippen LogP contribution < -0.4 is 11.5 Å². The standard InChI is InChI=1S/C8H13N3S2/c1-6-7(13-8(10)11-6)12-5-3-2-4-9/h2-3H,4-5,9H2,1H3,(H2,10,11). The van der Waals surface area contributed by atoms with Gasteiger partial charge in [0.15, 0.2) is 5.13 Å². The molecule has 3 nitrogen and oxygen atoms in total. The Hall–Kier alpha value is -0.520. The summed E-state index contributed by atoms with van der Waals surface area (Å²) in [4.78, 5) is 4.14. The quantitative estimate of drug-likeness (QED) is 0.592. The molecule has 0 amide bonds. The van der Waals surface area contributed by atoms with Crippen molar-refractivity contribution in [3.63, 3.8) is 0 Å². The van der Waals surface area contributed by atoms with Gasteiger partial charge in [0.25, 0.3) is 0 Å². The maximum atomic E-state index is 5.57. The van der Waals surface area contributed by atoms with Crippen LogP contribution in [-0.2, 0) is 0 Å². The van der Waals surface area contributed by atoms with Crippen LogP contribution in [0.25, 0.3) is 0 Å². The van der Waals surface area contributed by atoms with Gasteiger partial charge in [-0.3, -0.25) is 0 Å². The lowest BCUT2D eigenvalue weighted by molar-refractivity contribution is 1.21. The second-order valence-electron chi connectivity index (χ2n) is 2.44. The minimum atomic E-state index is 0.602. The van der Waals surface area contributed by atoms with E-state index in [4.69, 9.17) is 11.5 Å². The minimum absolute atomic E-state index is 0.602. The van der Waals surface area contributed by atoms with Crippen LogP contribution in [0, 0.1) is 6.92 Å². The molecule has 5 heteroatoms. The van der Waals surface area contributed by atoms with Gasteiger partial charge in [0.2, 0.25) is 0 Å². The summed E-state index contributed by atoms with van der Waals surface area (Å²) in [5.41, 5.74) is 11.9. The number of thiazole rings is 1. The van der Waals surface area contributed by atoms with Crippen molar-refractivity contribution in [1.82, 2.24) is 4.98 Å². The smallest absolute Gasteiger partial charge is 0.181 e. The van der Waals surface area contributed by atoms with E-state index in [1.807, 2.05) is 13.0 Å². The van der Waals surface area contributed by atoms with E-state index in [9.17, 15) is 0 Å². The average molecular weight is 215 g/mol. The predicted molar refractivity (Wildman–Crippen MR) is 60.2 cm³/mol. The summed E-state index contributed by atoms with van der Waals surface area (Å²) in [6.45, 7) is 2.58. The van der Waals surface area contributed by atoms with Crippen molar-refractivity contribution >= 4 is 28.2 Å². The predicted octanol–water partition coefficient (Wildman–Crippen LogP) is 1.64. The molecule has 72 valence electrons. The van der Waals surface area contributed by atoms with Gasteiger partial charge in [-0.25, -0.2) is 4.98 Å². The fourth-order valence-electron chi connectivity index (χ4n) is 0.825. The second kappa shape index (κ2) is 5.26. The summed E-state index contributed by atoms with van der Waals surface area (Å²) >= 11 is 3.28. The third-order valence-corrected chi connectivity index (χ3v) is 3.69. The van der Waals surface area contributed by atoms with E-state index in [0.717, 1.165) is 11.4 Å². The Balaban J connectivity index is 2.45. The van der Waals surface area contributed by atoms with Gasteiger partial charge in [-0.05, 0) is 6.92 Å². The van der Waals surface area contributed by atoms with Crippen molar-refractivity contribution in [3.05, 3.63) is 17.8 Å². The van der Waals surface area contributed by atoms with Crippen molar-refractivity contribution in [2.75, 3.05) is 18.0 Å². The molecule has 13 heavy (non-hydrogen) atoms. The molecule has 1 aromatic rings. The third kappa shape index (κ3) is 3.38. The van der Waals surface area contributed by atoms with Crippen LogP contribution >= 0.6 is 23.1 Å². The minimum Gasteiger partial charge on any atom is -0.375 e. The maximum absolute atomic E-state index is 5.57. The number of rotatable bonds is 4. The molecule has 4 N–H and O–H groups in total. The first-order valence-electron chi connectivity index (χ1n) is 3.95. The van der Waals surface area contributed by atoms with Crippen LogP contribution in [0.15, 0.2) is 16.4 Å². The highest BCUT2D eigenvalue weighted by molar-refractivity contribution is 8.01. The van der Waals surface area contributed by atoms with Gasteiger partial charge in [0, 0.05) is 12.3 Å². The number of anilines is 1. The molecular weight excluding hydrogens is 202 g/mol. The second-order valence-corrected chi connectivity index (χ2v) is 4.76. The van der Waals surface area contributed by atoms with E-state index in [1.165, 1.54) is 15.5 Å². The Morgan fingerprint density at radius 1 is 1.54 bits per heavy atom. The topological polar surface area (TPSA) is 64.9 Å². The number of aryl methyl sites for hydroxylation is 1. The molecule has 1 aromatic heterocycles. The highest BCUT2D eigenvalue weighted by Gasteiger charge is 2.03. The fourth-order valence-corrected chi connectivity index (χ4v) is 2.72. The highest BCUT2D eigenvalue weighted by Crippen LogP contribution is 2.30. The van der Waals surface area contributed by atoms with Crippen LogP contribution in [-0.4, -0.2) is 17.3 Å². The molecule has 0 aliphatic rings. The molecule has 0 radical (unpaired) electrons. The van der Waals surface area contributed by atoms with Crippen molar-refractivity contribution in [1.29, 1.82) is 0 Å². The zero-order chi connectivity index (χ0) is 9.68. The Bertz CT molecular complexity index is 294. The van der Waals surface area contributed by atoms with Crippen molar-refractivity contribution < 1.29 is 0 Å². The Morgan fingerprint density at radius 2 is 2.31 bits per heavy atom. The van der Waals surface area contributed by atoms with Gasteiger partial charge in [-0.2, -0.15) is 0 Å². The SMILES string of the molecule is Cc1nc(N)sc1SCC=CCN. The van der Waals surface area contributed by atoms with E-state index >= 15 is 0 Å². The molecule has 0 atom stereocenters. The lowest BCUT2D eigenvalue weighted by Crippen LogP contribution is -1.92. The van der Waals surface area contributed by atoms with Crippen LogP contribution in [0.2, 0.25) is 0 Å². The first-order valence-corrected chi connectivity index (χ1v) is 5.75. The summed E-state index contributed by atoms with van der Waals surface area (Å²) in [5, 5.41) is 0.641. The van der Waals surface area contributed by atoms with Crippen LogP contribution in [0.5, 0.6) is 0 Å². The number of thioether (sulfide) groups is 1. The van der Waals surface area contributed by atoms with Crippen LogP contribution in [0.1, 0.15) is 5.69 Å². The largest absolute Gasteiger partial charge is 0.375 e. The van der Waals surface area contributed by atoms with Crippen molar-refractivity contribution in [2.45, 2.75) is 11.1 Å². The van der Waals surface area contributed by atoms with Crippen LogP contribution in [0.3, 0.4) is 0 Å². The maximum Gasteiger partial charge on any atom is 0.181 e. The normalized spacial score (nSPS) is 11.2. The lowest BCUT2D eigenvalue weighted by atomic mass is 10.5. The number of nitrogen functional groups attached to an aromatic ring is 1. The van der Waals surface area contributed by atoms with Gasteiger partial charge in [-0.1, -0.05) is 23.5 Å². The molecule has 0 aliphatic carbocycles. The molecule has 0 unspecified atom stereocenters. The number of hydrogen-bond donors (Lipinski definition) is 2. The van der Waals surface area contributed by atoms with E-state index < -0.39 is 0 Å². The Kier molecular flexibility index (Phi) is 4.27. The average Bonchev–Trinajstić information content (AvgIpc) is 2.39. The molecular formula is C8H13N3S2. The Labute approximate surface area is 86.2 Å². The van der Waals surface area contributed by atoms with Gasteiger partial charge in [-0.15, -0.1) is 11.8 Å². The van der Waals surface area contributed by atoms with Crippen molar-refractivity contribution in [3.8, 4) is 0 Å². The zero-order valence-corrected chi connectivity index (χ0v) is 9.12. The molecule has 0 spiro atoms. The Morgan fingerprint density at radius 3 is 2.85 bits per heavy atom. The summed E-state index contributed by atoms with van der Waals surface area (Å²) in [6.07, 6.45) is 4.01. The lowest BCUT2D eigenvalue weighted by Gasteiger charge is -1.92. The third-order valence-electron chi connectivity index (χ3n) is 1.38. The molecule has 1 rings (SSSR count). The molecule has 1 heterocycles. The van der Waals surface area contributed by atoms with Gasteiger partial charge < -0.3 is 11.5 Å². The summed E-state index contributed by atoms with van der Waals surface area (Å²) < 4.78 is 1.19. The summed E-state index contributed by atoms with van der Waals surface area (Å²) in [5.74, 6) is 0.930. The number of hydrogen-bond acceptors (Lipinski definition) is 5. The van der Waals surface area contributed by atoms with Gasteiger partial charge >= 0.3 is 0 Å². The van der Waals surface area contributed by atoms with E-state index in [2.05, 4.69) is 11.1 Å². The van der Waals surface area contributed by atoms with Crippen molar-refractivity contribution in [2.24, 2.45) is 5.73 Å². The molecule has 0 aliphatic heterocycles. The number of nitrogens with two attached hydrogens (primary N) is 2. The fraction of sp³-hybridized carbons (Fsp3) is 0.375. The molecule has 0 saturated carbocycles. The van der Waals surface area contributed by atoms with E-state index in [1.54, 1.807) is 11.8 Å². The molecule has 0 aromatic carbocycles. The molecule has 0 bridgehead atoms. The first-order chi connectivity index (χ1) is 6.24. The number of aromatic nitrogens is 1. The number of nitrogens with zero attached hydrogens (tertiary/aromatic N) is 1. The van der Waals surface area contributed by atoms with E-state index in [-0.39, 0.29) is 0 Å². The highest BCUT2D eigenvalue weighted by atomic mass is 32.2. The molecule has 0 saturated heterocycles. The molecule has 0 fully saturated rings. The van der Waals surface area contributed by atoms with Gasteiger partial charge in [0.05, 0.1) is 9.90 Å². The summed E-state index contributed by atoms with van der Waals surface area (Å²) in [6, 6.07) is 0. The van der Waals surface area contributed by atoms with E-state index in [0.29, 0.717) is 11.7 Å². The summed E-state index contributed by atoms with van der Waals surface area (Å²) in [7, 11) is 0. The van der Waals surface area contributed by atoms with Gasteiger partial charge in [0.1, 0.15) is 0 Å².